The Morgan fingerprint density at radius 1 is 1.00 bits per heavy atom. The maximum Gasteiger partial charge on any atom is 0.225 e. The zero-order valence-electron chi connectivity index (χ0n) is 15.7. The third-order valence-corrected chi connectivity index (χ3v) is 4.35. The van der Waals surface area contributed by atoms with Crippen LogP contribution >= 0.6 is 0 Å². The van der Waals surface area contributed by atoms with Gasteiger partial charge in [0.15, 0.2) is 0 Å². The number of anilines is 3. The van der Waals surface area contributed by atoms with Crippen LogP contribution in [0.25, 0.3) is 11.3 Å². The van der Waals surface area contributed by atoms with Gasteiger partial charge in [0, 0.05) is 35.8 Å². The van der Waals surface area contributed by atoms with E-state index >= 15 is 0 Å². The molecule has 0 bridgehead atoms. The Balaban J connectivity index is 2.00. The highest BCUT2D eigenvalue weighted by Gasteiger charge is 2.10. The molecule has 134 valence electrons. The molecule has 2 N–H and O–H groups in total. The van der Waals surface area contributed by atoms with Crippen molar-refractivity contribution in [3.8, 4) is 11.3 Å². The molecule has 0 spiro atoms. The van der Waals surface area contributed by atoms with Crippen molar-refractivity contribution >= 4 is 17.5 Å². The lowest BCUT2D eigenvalue weighted by Crippen LogP contribution is -2.16. The van der Waals surface area contributed by atoms with Gasteiger partial charge in [-0.25, -0.2) is 4.98 Å². The minimum Gasteiger partial charge on any atom is -0.352 e. The molecule has 0 radical (unpaired) electrons. The molecular weight excluding hydrogens is 322 g/mol. The summed E-state index contributed by atoms with van der Waals surface area (Å²) >= 11 is 0. The predicted octanol–water partition coefficient (Wildman–Crippen LogP) is 5.11. The highest BCUT2D eigenvalue weighted by atomic mass is 15.2. The van der Waals surface area contributed by atoms with E-state index in [-0.39, 0.29) is 0 Å². The van der Waals surface area contributed by atoms with E-state index in [0.717, 1.165) is 29.2 Å². The summed E-state index contributed by atoms with van der Waals surface area (Å²) in [5.74, 6) is 1.40. The van der Waals surface area contributed by atoms with Crippen molar-refractivity contribution in [2.45, 2.75) is 40.2 Å². The maximum atomic E-state index is 4.68. The van der Waals surface area contributed by atoms with E-state index in [1.54, 1.807) is 12.4 Å². The van der Waals surface area contributed by atoms with Crippen molar-refractivity contribution in [2.75, 3.05) is 10.6 Å². The second-order valence-electron chi connectivity index (χ2n) is 6.59. The Labute approximate surface area is 154 Å². The SMILES string of the molecule is CC[C@@H](C)Nc1nc(Nc2cc(C)ccc2C)cc(-c2ccncc2)n1. The van der Waals surface area contributed by atoms with E-state index in [2.05, 4.69) is 71.5 Å². The molecule has 0 aliphatic carbocycles. The van der Waals surface area contributed by atoms with Crippen molar-refractivity contribution in [1.29, 1.82) is 0 Å². The van der Waals surface area contributed by atoms with E-state index in [1.165, 1.54) is 11.1 Å². The minimum atomic E-state index is 0.302. The molecule has 0 fully saturated rings. The van der Waals surface area contributed by atoms with Crippen LogP contribution in [0.4, 0.5) is 17.5 Å². The van der Waals surface area contributed by atoms with Gasteiger partial charge in [-0.15, -0.1) is 0 Å². The molecule has 2 aromatic heterocycles. The number of hydrogen-bond acceptors (Lipinski definition) is 5. The van der Waals surface area contributed by atoms with Crippen LogP contribution in [0.2, 0.25) is 0 Å². The Morgan fingerprint density at radius 3 is 2.50 bits per heavy atom. The smallest absolute Gasteiger partial charge is 0.225 e. The second kappa shape index (κ2) is 7.95. The summed E-state index contributed by atoms with van der Waals surface area (Å²) in [5.41, 5.74) is 5.31. The summed E-state index contributed by atoms with van der Waals surface area (Å²) in [7, 11) is 0. The molecule has 26 heavy (non-hydrogen) atoms. The van der Waals surface area contributed by atoms with Crippen LogP contribution in [0.15, 0.2) is 48.8 Å². The monoisotopic (exact) mass is 347 g/mol. The van der Waals surface area contributed by atoms with Crippen molar-refractivity contribution in [1.82, 2.24) is 15.0 Å². The first-order valence-electron chi connectivity index (χ1n) is 8.95. The fourth-order valence-corrected chi connectivity index (χ4v) is 2.58. The van der Waals surface area contributed by atoms with Crippen molar-refractivity contribution in [3.63, 3.8) is 0 Å². The van der Waals surface area contributed by atoms with Gasteiger partial charge >= 0.3 is 0 Å². The third kappa shape index (κ3) is 4.36. The first kappa shape index (κ1) is 17.9. The predicted molar refractivity (Wildman–Crippen MR) is 108 cm³/mol. The van der Waals surface area contributed by atoms with Crippen molar-refractivity contribution in [2.24, 2.45) is 0 Å². The minimum absolute atomic E-state index is 0.302. The second-order valence-corrected chi connectivity index (χ2v) is 6.59. The van der Waals surface area contributed by atoms with Crippen molar-refractivity contribution in [3.05, 3.63) is 59.9 Å². The number of rotatable bonds is 6. The lowest BCUT2D eigenvalue weighted by Gasteiger charge is -2.15. The van der Waals surface area contributed by atoms with Crippen LogP contribution in [-0.4, -0.2) is 21.0 Å². The summed E-state index contributed by atoms with van der Waals surface area (Å²) in [6.45, 7) is 8.44. The number of pyridine rings is 1. The number of aryl methyl sites for hydroxylation is 2. The summed E-state index contributed by atoms with van der Waals surface area (Å²) in [5, 5.41) is 6.82. The zero-order valence-corrected chi connectivity index (χ0v) is 15.7. The Hall–Kier alpha value is -2.95. The first-order valence-corrected chi connectivity index (χ1v) is 8.95. The number of aromatic nitrogens is 3. The van der Waals surface area contributed by atoms with Gasteiger partial charge in [0.25, 0.3) is 0 Å². The fourth-order valence-electron chi connectivity index (χ4n) is 2.58. The molecule has 5 nitrogen and oxygen atoms in total. The highest BCUT2D eigenvalue weighted by Crippen LogP contribution is 2.25. The van der Waals surface area contributed by atoms with Crippen molar-refractivity contribution < 1.29 is 0 Å². The quantitative estimate of drug-likeness (QED) is 0.649. The van der Waals surface area contributed by atoms with E-state index in [0.29, 0.717) is 12.0 Å². The van der Waals surface area contributed by atoms with E-state index in [1.807, 2.05) is 18.2 Å². The standard InChI is InChI=1S/C21H25N5/c1-5-16(4)23-21-25-19(17-8-10-22-11-9-17)13-20(26-21)24-18-12-14(2)6-7-15(18)3/h6-13,16H,5H2,1-4H3,(H2,23,24,25,26)/t16-/m1/s1. The molecule has 3 aromatic rings. The van der Waals surface area contributed by atoms with Crippen LogP contribution in [0.5, 0.6) is 0 Å². The lowest BCUT2D eigenvalue weighted by molar-refractivity contribution is 0.753. The molecule has 1 aromatic carbocycles. The van der Waals surface area contributed by atoms with Crippen LogP contribution in [0.1, 0.15) is 31.4 Å². The molecule has 0 saturated carbocycles. The van der Waals surface area contributed by atoms with Crippen LogP contribution in [0, 0.1) is 13.8 Å². The normalized spacial score (nSPS) is 11.8. The average Bonchev–Trinajstić information content (AvgIpc) is 2.65. The molecule has 1 atom stereocenters. The molecule has 0 saturated heterocycles. The van der Waals surface area contributed by atoms with Crippen LogP contribution in [0.3, 0.4) is 0 Å². The Bertz CT molecular complexity index is 877. The molecule has 0 aliphatic rings. The van der Waals surface area contributed by atoms with Crippen LogP contribution in [-0.2, 0) is 0 Å². The molecule has 0 unspecified atom stereocenters. The third-order valence-electron chi connectivity index (χ3n) is 4.35. The molecule has 3 rings (SSSR count). The van der Waals surface area contributed by atoms with E-state index in [4.69, 9.17) is 0 Å². The Kier molecular flexibility index (Phi) is 5.46. The molecule has 5 heteroatoms. The number of nitrogens with one attached hydrogen (secondary N) is 2. The number of nitrogens with zero attached hydrogens (tertiary/aromatic N) is 3. The van der Waals surface area contributed by atoms with E-state index in [9.17, 15) is 0 Å². The van der Waals surface area contributed by atoms with Crippen LogP contribution < -0.4 is 10.6 Å². The van der Waals surface area contributed by atoms with Gasteiger partial charge in [-0.1, -0.05) is 19.1 Å². The summed E-state index contributed by atoms with van der Waals surface area (Å²) < 4.78 is 0. The number of benzene rings is 1. The highest BCUT2D eigenvalue weighted by molar-refractivity contribution is 5.68. The molecule has 0 aliphatic heterocycles. The van der Waals surface area contributed by atoms with Gasteiger partial charge in [-0.05, 0) is 56.5 Å². The van der Waals surface area contributed by atoms with Gasteiger partial charge < -0.3 is 10.6 Å². The lowest BCUT2D eigenvalue weighted by atomic mass is 10.1. The maximum absolute atomic E-state index is 4.68. The van der Waals surface area contributed by atoms with Gasteiger partial charge in [0.2, 0.25) is 5.95 Å². The Morgan fingerprint density at radius 2 is 1.77 bits per heavy atom. The first-order chi connectivity index (χ1) is 12.5. The van der Waals surface area contributed by atoms with E-state index < -0.39 is 0 Å². The molecule has 0 amide bonds. The number of hydrogen-bond donors (Lipinski definition) is 2. The zero-order chi connectivity index (χ0) is 18.5. The molecule has 2 heterocycles. The summed E-state index contributed by atoms with van der Waals surface area (Å²) in [4.78, 5) is 13.4. The summed E-state index contributed by atoms with van der Waals surface area (Å²) in [6, 6.07) is 12.5. The van der Waals surface area contributed by atoms with Gasteiger partial charge in [0.1, 0.15) is 5.82 Å². The summed E-state index contributed by atoms with van der Waals surface area (Å²) in [6.07, 6.45) is 4.55. The topological polar surface area (TPSA) is 62.7 Å². The van der Waals surface area contributed by atoms with Gasteiger partial charge in [-0.3, -0.25) is 4.98 Å². The largest absolute Gasteiger partial charge is 0.352 e. The van der Waals surface area contributed by atoms with Gasteiger partial charge in [-0.2, -0.15) is 4.98 Å². The fraction of sp³-hybridized carbons (Fsp3) is 0.286. The average molecular weight is 347 g/mol. The van der Waals surface area contributed by atoms with Gasteiger partial charge in [0.05, 0.1) is 5.69 Å². The molecular formula is C21H25N5.